The molecule has 1 rings (SSSR count). The van der Waals surface area contributed by atoms with Gasteiger partial charge in [0, 0.05) is 31.3 Å². The molecule has 0 fully saturated rings. The van der Waals surface area contributed by atoms with Crippen molar-refractivity contribution in [3.05, 3.63) is 35.4 Å². The van der Waals surface area contributed by atoms with Gasteiger partial charge in [-0.3, -0.25) is 0 Å². The van der Waals surface area contributed by atoms with Crippen LogP contribution < -0.4 is 5.32 Å². The monoisotopic (exact) mass is 243 g/mol. The Morgan fingerprint density at radius 2 is 2.06 bits per heavy atom. The minimum atomic E-state index is -0.547. The summed E-state index contributed by atoms with van der Waals surface area (Å²) in [6, 6.07) is 3.61. The first-order valence-corrected chi connectivity index (χ1v) is 5.96. The quantitative estimate of drug-likeness (QED) is 0.709. The molecule has 0 bridgehead atoms. The van der Waals surface area contributed by atoms with E-state index in [2.05, 4.69) is 12.2 Å². The fourth-order valence-electron chi connectivity index (χ4n) is 1.38. The van der Waals surface area contributed by atoms with Crippen molar-refractivity contribution < 1.29 is 13.5 Å². The first-order valence-electron chi connectivity index (χ1n) is 5.96. The predicted molar refractivity (Wildman–Crippen MR) is 63.8 cm³/mol. The van der Waals surface area contributed by atoms with Crippen molar-refractivity contribution in [3.8, 4) is 0 Å². The van der Waals surface area contributed by atoms with E-state index in [1.54, 1.807) is 0 Å². The summed E-state index contributed by atoms with van der Waals surface area (Å²) >= 11 is 0. The Labute approximate surface area is 101 Å². The Morgan fingerprint density at radius 1 is 1.24 bits per heavy atom. The van der Waals surface area contributed by atoms with Crippen LogP contribution in [0.25, 0.3) is 0 Å². The Bertz CT molecular complexity index is 331. The summed E-state index contributed by atoms with van der Waals surface area (Å²) in [5.41, 5.74) is 0.472. The summed E-state index contributed by atoms with van der Waals surface area (Å²) in [7, 11) is 0. The fourth-order valence-corrected chi connectivity index (χ4v) is 1.38. The molecule has 0 aliphatic carbocycles. The highest BCUT2D eigenvalue weighted by Crippen LogP contribution is 2.08. The SMILES string of the molecule is CCCCOCCNCc1ccc(F)cc1F. The third-order valence-corrected chi connectivity index (χ3v) is 2.40. The van der Waals surface area contributed by atoms with Crippen LogP contribution >= 0.6 is 0 Å². The van der Waals surface area contributed by atoms with Crippen molar-refractivity contribution in [2.24, 2.45) is 0 Å². The molecule has 0 amide bonds. The molecule has 0 saturated carbocycles. The maximum Gasteiger partial charge on any atom is 0.130 e. The van der Waals surface area contributed by atoms with Gasteiger partial charge in [-0.05, 0) is 12.5 Å². The molecule has 0 spiro atoms. The average Bonchev–Trinajstić information content (AvgIpc) is 2.30. The lowest BCUT2D eigenvalue weighted by molar-refractivity contribution is 0.133. The number of ether oxygens (including phenoxy) is 1. The van der Waals surface area contributed by atoms with Gasteiger partial charge in [-0.25, -0.2) is 8.78 Å². The van der Waals surface area contributed by atoms with Gasteiger partial charge in [0.15, 0.2) is 0 Å². The molecule has 0 unspecified atom stereocenters. The van der Waals surface area contributed by atoms with Gasteiger partial charge in [0.05, 0.1) is 6.61 Å². The highest BCUT2D eigenvalue weighted by Gasteiger charge is 2.02. The van der Waals surface area contributed by atoms with E-state index in [-0.39, 0.29) is 0 Å². The van der Waals surface area contributed by atoms with Crippen molar-refractivity contribution in [1.29, 1.82) is 0 Å². The second-order valence-corrected chi connectivity index (χ2v) is 3.88. The molecule has 0 heterocycles. The molecule has 0 aliphatic rings. The van der Waals surface area contributed by atoms with E-state index in [1.807, 2.05) is 0 Å². The first-order chi connectivity index (χ1) is 8.24. The van der Waals surface area contributed by atoms with Crippen molar-refractivity contribution in [1.82, 2.24) is 5.32 Å². The average molecular weight is 243 g/mol. The van der Waals surface area contributed by atoms with Crippen LogP contribution in [0.1, 0.15) is 25.3 Å². The zero-order valence-corrected chi connectivity index (χ0v) is 10.1. The van der Waals surface area contributed by atoms with Gasteiger partial charge in [0.1, 0.15) is 11.6 Å². The zero-order valence-electron chi connectivity index (χ0n) is 10.1. The van der Waals surface area contributed by atoms with Crippen LogP contribution in [0, 0.1) is 11.6 Å². The maximum atomic E-state index is 13.2. The highest BCUT2D eigenvalue weighted by atomic mass is 19.1. The lowest BCUT2D eigenvalue weighted by atomic mass is 10.2. The number of rotatable bonds is 8. The van der Waals surface area contributed by atoms with Crippen LogP contribution in [-0.4, -0.2) is 19.8 Å². The third-order valence-electron chi connectivity index (χ3n) is 2.40. The van der Waals surface area contributed by atoms with Crippen LogP contribution in [0.5, 0.6) is 0 Å². The smallest absolute Gasteiger partial charge is 0.130 e. The number of halogens is 2. The number of hydrogen-bond acceptors (Lipinski definition) is 2. The lowest BCUT2D eigenvalue weighted by Gasteiger charge is -2.06. The molecule has 17 heavy (non-hydrogen) atoms. The van der Waals surface area contributed by atoms with Crippen LogP contribution in [0.15, 0.2) is 18.2 Å². The molecule has 1 N–H and O–H groups in total. The minimum Gasteiger partial charge on any atom is -0.380 e. The molecule has 0 radical (unpaired) electrons. The van der Waals surface area contributed by atoms with E-state index in [4.69, 9.17) is 4.74 Å². The molecule has 0 atom stereocenters. The van der Waals surface area contributed by atoms with Gasteiger partial charge >= 0.3 is 0 Å². The van der Waals surface area contributed by atoms with E-state index in [0.29, 0.717) is 25.3 Å². The van der Waals surface area contributed by atoms with E-state index < -0.39 is 11.6 Å². The first kappa shape index (κ1) is 14.1. The normalized spacial score (nSPS) is 10.8. The van der Waals surface area contributed by atoms with E-state index in [1.165, 1.54) is 12.1 Å². The predicted octanol–water partition coefficient (Wildman–Crippen LogP) is 2.87. The molecule has 96 valence electrons. The van der Waals surface area contributed by atoms with Gasteiger partial charge in [-0.15, -0.1) is 0 Å². The minimum absolute atomic E-state index is 0.392. The second kappa shape index (κ2) is 8.14. The second-order valence-electron chi connectivity index (χ2n) is 3.88. The largest absolute Gasteiger partial charge is 0.380 e. The molecular formula is C13H19F2NO. The Hall–Kier alpha value is -1.00. The van der Waals surface area contributed by atoms with Gasteiger partial charge in [0.2, 0.25) is 0 Å². The highest BCUT2D eigenvalue weighted by molar-refractivity contribution is 5.18. The summed E-state index contributed by atoms with van der Waals surface area (Å²) in [5, 5.41) is 3.05. The van der Waals surface area contributed by atoms with Crippen LogP contribution in [0.4, 0.5) is 8.78 Å². The van der Waals surface area contributed by atoms with Gasteiger partial charge in [-0.1, -0.05) is 19.4 Å². The van der Waals surface area contributed by atoms with Crippen LogP contribution in [0.3, 0.4) is 0 Å². The Kier molecular flexibility index (Phi) is 6.74. The lowest BCUT2D eigenvalue weighted by Crippen LogP contribution is -2.20. The summed E-state index contributed by atoms with van der Waals surface area (Å²) in [6.07, 6.45) is 2.18. The summed E-state index contributed by atoms with van der Waals surface area (Å²) in [5.74, 6) is -1.06. The molecular weight excluding hydrogens is 224 g/mol. The van der Waals surface area contributed by atoms with Crippen molar-refractivity contribution in [2.75, 3.05) is 19.8 Å². The molecule has 1 aromatic rings. The molecule has 4 heteroatoms. The summed E-state index contributed by atoms with van der Waals surface area (Å²) in [6.45, 7) is 4.55. The molecule has 1 aromatic carbocycles. The van der Waals surface area contributed by atoms with E-state index in [9.17, 15) is 8.78 Å². The maximum absolute atomic E-state index is 13.2. The molecule has 2 nitrogen and oxygen atoms in total. The van der Waals surface area contributed by atoms with Crippen molar-refractivity contribution in [2.45, 2.75) is 26.3 Å². The van der Waals surface area contributed by atoms with Crippen LogP contribution in [0.2, 0.25) is 0 Å². The van der Waals surface area contributed by atoms with E-state index >= 15 is 0 Å². The number of nitrogens with one attached hydrogen (secondary N) is 1. The zero-order chi connectivity index (χ0) is 12.5. The van der Waals surface area contributed by atoms with Gasteiger partial charge in [-0.2, -0.15) is 0 Å². The number of benzene rings is 1. The molecule has 0 saturated heterocycles. The number of unbranched alkanes of at least 4 members (excludes halogenated alkanes) is 1. The summed E-state index contributed by atoms with van der Waals surface area (Å²) in [4.78, 5) is 0. The molecule has 0 aromatic heterocycles. The van der Waals surface area contributed by atoms with Gasteiger partial charge in [0.25, 0.3) is 0 Å². The standard InChI is InChI=1S/C13H19F2NO/c1-2-3-7-17-8-6-16-10-11-4-5-12(14)9-13(11)15/h4-5,9,16H,2-3,6-8,10H2,1H3. The van der Waals surface area contributed by atoms with Crippen LogP contribution in [-0.2, 0) is 11.3 Å². The fraction of sp³-hybridized carbons (Fsp3) is 0.538. The Balaban J connectivity index is 2.14. The number of hydrogen-bond donors (Lipinski definition) is 1. The third kappa shape index (κ3) is 5.75. The van der Waals surface area contributed by atoms with Crippen molar-refractivity contribution in [3.63, 3.8) is 0 Å². The van der Waals surface area contributed by atoms with E-state index in [0.717, 1.165) is 25.5 Å². The summed E-state index contributed by atoms with van der Waals surface area (Å²) < 4.78 is 31.2. The topological polar surface area (TPSA) is 21.3 Å². The Morgan fingerprint density at radius 3 is 2.76 bits per heavy atom. The van der Waals surface area contributed by atoms with Crippen molar-refractivity contribution >= 4 is 0 Å². The van der Waals surface area contributed by atoms with Gasteiger partial charge < -0.3 is 10.1 Å². The molecule has 0 aliphatic heterocycles.